The minimum atomic E-state index is -0.373. The minimum absolute atomic E-state index is 0.373. The molecule has 3 rings (SSSR count). The van der Waals surface area contributed by atoms with Gasteiger partial charge < -0.3 is 10.3 Å². The average molecular weight is 332 g/mol. The molecule has 3 heteroatoms. The second-order valence-electron chi connectivity index (χ2n) is 6.84. The van der Waals surface area contributed by atoms with E-state index >= 15 is 0 Å². The van der Waals surface area contributed by atoms with Crippen molar-refractivity contribution in [2.75, 3.05) is 0 Å². The van der Waals surface area contributed by atoms with Crippen LogP contribution in [0.2, 0.25) is 0 Å². The van der Waals surface area contributed by atoms with E-state index in [1.807, 2.05) is 31.2 Å². The lowest BCUT2D eigenvalue weighted by molar-refractivity contribution is 0.0999. The predicted molar refractivity (Wildman–Crippen MR) is 103 cm³/mol. The minimum Gasteiger partial charge on any atom is -0.366 e. The van der Waals surface area contributed by atoms with E-state index in [4.69, 9.17) is 5.73 Å². The van der Waals surface area contributed by atoms with Gasteiger partial charge in [-0.05, 0) is 35.6 Å². The van der Waals surface area contributed by atoms with Crippen LogP contribution in [0.3, 0.4) is 0 Å². The fourth-order valence-corrected chi connectivity index (χ4v) is 3.20. The lowest BCUT2D eigenvalue weighted by Gasteiger charge is -2.15. The molecule has 0 aliphatic rings. The van der Waals surface area contributed by atoms with Gasteiger partial charge in [0.25, 0.3) is 5.91 Å². The first-order chi connectivity index (χ1) is 12.0. The largest absolute Gasteiger partial charge is 0.366 e. The van der Waals surface area contributed by atoms with Gasteiger partial charge in [-0.25, -0.2) is 0 Å². The highest BCUT2D eigenvalue weighted by molar-refractivity contribution is 5.95. The van der Waals surface area contributed by atoms with Crippen LogP contribution in [0.25, 0.3) is 22.4 Å². The van der Waals surface area contributed by atoms with Gasteiger partial charge >= 0.3 is 0 Å². The highest BCUT2D eigenvalue weighted by atomic mass is 16.1. The standard InChI is InChI=1S/C22H24N2O/c1-15(2)14-24-16(3)20(22(23)25)13-21(24)19-11-9-18(10-12-19)17-7-5-4-6-8-17/h4-13,15H,14H2,1-3H3,(H2,23,25). The highest BCUT2D eigenvalue weighted by Crippen LogP contribution is 2.29. The smallest absolute Gasteiger partial charge is 0.250 e. The van der Waals surface area contributed by atoms with Crippen LogP contribution in [0.1, 0.15) is 29.9 Å². The van der Waals surface area contributed by atoms with E-state index < -0.39 is 0 Å². The van der Waals surface area contributed by atoms with E-state index in [-0.39, 0.29) is 5.91 Å². The molecule has 0 bridgehead atoms. The van der Waals surface area contributed by atoms with Crippen LogP contribution in [0.5, 0.6) is 0 Å². The Morgan fingerprint density at radius 2 is 1.52 bits per heavy atom. The topological polar surface area (TPSA) is 48.0 Å². The average Bonchev–Trinajstić information content (AvgIpc) is 2.92. The van der Waals surface area contributed by atoms with E-state index in [1.54, 1.807) is 0 Å². The normalized spacial score (nSPS) is 11.0. The maximum absolute atomic E-state index is 11.8. The zero-order valence-corrected chi connectivity index (χ0v) is 15.0. The van der Waals surface area contributed by atoms with Gasteiger partial charge in [0, 0.05) is 17.9 Å². The Morgan fingerprint density at radius 1 is 0.960 bits per heavy atom. The Balaban J connectivity index is 2.03. The molecule has 2 aromatic carbocycles. The van der Waals surface area contributed by atoms with Gasteiger partial charge in [0.15, 0.2) is 0 Å². The number of hydrogen-bond donors (Lipinski definition) is 1. The Labute approximate surface area is 149 Å². The lowest BCUT2D eigenvalue weighted by Crippen LogP contribution is -2.13. The molecule has 1 heterocycles. The summed E-state index contributed by atoms with van der Waals surface area (Å²) >= 11 is 0. The quantitative estimate of drug-likeness (QED) is 0.711. The summed E-state index contributed by atoms with van der Waals surface area (Å²) in [7, 11) is 0. The Kier molecular flexibility index (Phi) is 4.75. The van der Waals surface area contributed by atoms with Crippen molar-refractivity contribution in [2.45, 2.75) is 27.3 Å². The summed E-state index contributed by atoms with van der Waals surface area (Å²) in [6, 6.07) is 20.7. The van der Waals surface area contributed by atoms with Crippen molar-refractivity contribution in [3.8, 4) is 22.4 Å². The van der Waals surface area contributed by atoms with Crippen LogP contribution >= 0.6 is 0 Å². The van der Waals surface area contributed by atoms with Crippen molar-refractivity contribution in [1.82, 2.24) is 4.57 Å². The second-order valence-corrected chi connectivity index (χ2v) is 6.84. The van der Waals surface area contributed by atoms with Gasteiger partial charge in [0.1, 0.15) is 0 Å². The molecule has 0 radical (unpaired) electrons. The number of rotatable bonds is 5. The molecule has 0 saturated carbocycles. The molecule has 0 aliphatic heterocycles. The maximum atomic E-state index is 11.8. The fraction of sp³-hybridized carbons (Fsp3) is 0.227. The number of primary amides is 1. The molecule has 0 aliphatic carbocycles. The molecule has 25 heavy (non-hydrogen) atoms. The van der Waals surface area contributed by atoms with Crippen LogP contribution < -0.4 is 5.73 Å². The number of nitrogens with two attached hydrogens (primary N) is 1. The summed E-state index contributed by atoms with van der Waals surface area (Å²) in [5, 5.41) is 0. The van der Waals surface area contributed by atoms with Gasteiger partial charge in [-0.2, -0.15) is 0 Å². The summed E-state index contributed by atoms with van der Waals surface area (Å²) < 4.78 is 2.20. The molecule has 1 aromatic heterocycles. The molecule has 0 atom stereocenters. The second kappa shape index (κ2) is 6.98. The van der Waals surface area contributed by atoms with Crippen molar-refractivity contribution in [3.63, 3.8) is 0 Å². The van der Waals surface area contributed by atoms with Crippen LogP contribution in [-0.2, 0) is 6.54 Å². The first kappa shape index (κ1) is 17.0. The number of hydrogen-bond acceptors (Lipinski definition) is 1. The zero-order chi connectivity index (χ0) is 18.0. The van der Waals surface area contributed by atoms with E-state index in [9.17, 15) is 4.79 Å². The van der Waals surface area contributed by atoms with Crippen molar-refractivity contribution in [2.24, 2.45) is 11.7 Å². The number of nitrogens with zero attached hydrogens (tertiary/aromatic N) is 1. The molecule has 3 aromatic rings. The predicted octanol–water partition coefficient (Wildman–Crippen LogP) is 4.89. The monoisotopic (exact) mass is 332 g/mol. The first-order valence-corrected chi connectivity index (χ1v) is 8.63. The van der Waals surface area contributed by atoms with Gasteiger partial charge in [-0.1, -0.05) is 68.4 Å². The van der Waals surface area contributed by atoms with E-state index in [1.165, 1.54) is 11.1 Å². The van der Waals surface area contributed by atoms with Gasteiger partial charge in [-0.15, -0.1) is 0 Å². The molecular formula is C22H24N2O. The summed E-state index contributed by atoms with van der Waals surface area (Å²) in [5.41, 5.74) is 11.6. The molecule has 0 saturated heterocycles. The van der Waals surface area contributed by atoms with Crippen LogP contribution in [0.15, 0.2) is 60.7 Å². The van der Waals surface area contributed by atoms with Crippen molar-refractivity contribution < 1.29 is 4.79 Å². The number of benzene rings is 2. The Bertz CT molecular complexity index is 874. The molecule has 2 N–H and O–H groups in total. The molecule has 1 amide bonds. The van der Waals surface area contributed by atoms with Gasteiger partial charge in [-0.3, -0.25) is 4.79 Å². The van der Waals surface area contributed by atoms with Gasteiger partial charge in [0.2, 0.25) is 0 Å². The number of carbonyl (C=O) groups excluding carboxylic acids is 1. The van der Waals surface area contributed by atoms with Crippen molar-refractivity contribution >= 4 is 5.91 Å². The van der Waals surface area contributed by atoms with E-state index in [0.717, 1.165) is 23.5 Å². The van der Waals surface area contributed by atoms with Crippen LogP contribution in [0.4, 0.5) is 0 Å². The highest BCUT2D eigenvalue weighted by Gasteiger charge is 2.17. The number of carbonyl (C=O) groups is 1. The van der Waals surface area contributed by atoms with Crippen molar-refractivity contribution in [3.05, 3.63) is 71.9 Å². The molecular weight excluding hydrogens is 308 g/mol. The molecule has 128 valence electrons. The maximum Gasteiger partial charge on any atom is 0.250 e. The third kappa shape index (κ3) is 3.50. The molecule has 0 fully saturated rings. The first-order valence-electron chi connectivity index (χ1n) is 8.63. The Hall–Kier alpha value is -2.81. The lowest BCUT2D eigenvalue weighted by atomic mass is 10.0. The van der Waals surface area contributed by atoms with E-state index in [0.29, 0.717) is 11.5 Å². The van der Waals surface area contributed by atoms with Crippen LogP contribution in [0, 0.1) is 12.8 Å². The fourth-order valence-electron chi connectivity index (χ4n) is 3.20. The third-order valence-corrected chi connectivity index (χ3v) is 4.47. The molecule has 0 unspecified atom stereocenters. The summed E-state index contributed by atoms with van der Waals surface area (Å²) in [4.78, 5) is 11.8. The number of aromatic nitrogens is 1. The third-order valence-electron chi connectivity index (χ3n) is 4.47. The molecule has 0 spiro atoms. The van der Waals surface area contributed by atoms with E-state index in [2.05, 4.69) is 54.8 Å². The van der Waals surface area contributed by atoms with Gasteiger partial charge in [0.05, 0.1) is 5.56 Å². The zero-order valence-electron chi connectivity index (χ0n) is 15.0. The SMILES string of the molecule is Cc1c(C(N)=O)cc(-c2ccc(-c3ccccc3)cc2)n1CC(C)C. The van der Waals surface area contributed by atoms with Crippen molar-refractivity contribution in [1.29, 1.82) is 0 Å². The number of amides is 1. The molecule has 3 nitrogen and oxygen atoms in total. The Morgan fingerprint density at radius 3 is 2.08 bits per heavy atom. The summed E-state index contributed by atoms with van der Waals surface area (Å²) in [6.07, 6.45) is 0. The summed E-state index contributed by atoms with van der Waals surface area (Å²) in [6.45, 7) is 7.16. The van der Waals surface area contributed by atoms with Crippen LogP contribution in [-0.4, -0.2) is 10.5 Å². The summed E-state index contributed by atoms with van der Waals surface area (Å²) in [5.74, 6) is 0.108.